The zero-order valence-corrected chi connectivity index (χ0v) is 14.6. The summed E-state index contributed by atoms with van der Waals surface area (Å²) in [7, 11) is 1.64. The molecule has 0 amide bonds. The van der Waals surface area contributed by atoms with Crippen molar-refractivity contribution in [2.75, 3.05) is 12.4 Å². The van der Waals surface area contributed by atoms with Gasteiger partial charge in [-0.2, -0.15) is 0 Å². The van der Waals surface area contributed by atoms with Gasteiger partial charge in [0, 0.05) is 23.4 Å². The number of carbonyl (C=O) groups excluding carboxylic acids is 1. The van der Waals surface area contributed by atoms with Crippen LogP contribution in [0, 0.1) is 5.92 Å². The molecule has 0 aliphatic heterocycles. The fraction of sp³-hybridized carbons (Fsp3) is 0.286. The number of ether oxygens (including phenoxy) is 2. The molecule has 4 heteroatoms. The van der Waals surface area contributed by atoms with Crippen molar-refractivity contribution < 1.29 is 14.3 Å². The van der Waals surface area contributed by atoms with Gasteiger partial charge in [0.1, 0.15) is 17.2 Å². The molecule has 3 rings (SSSR count). The number of methoxy groups -OCH3 is 1. The number of rotatable bonds is 5. The van der Waals surface area contributed by atoms with Crippen LogP contribution in [0.1, 0.15) is 26.2 Å². The molecule has 0 bridgehead atoms. The van der Waals surface area contributed by atoms with Crippen molar-refractivity contribution in [3.63, 3.8) is 0 Å². The molecular formula is C21H23NO3. The minimum absolute atomic E-state index is 0.141. The Kier molecular flexibility index (Phi) is 5.39. The van der Waals surface area contributed by atoms with Crippen molar-refractivity contribution in [3.8, 4) is 17.2 Å². The van der Waals surface area contributed by atoms with Gasteiger partial charge in [-0.1, -0.05) is 6.92 Å². The molecule has 0 spiro atoms. The van der Waals surface area contributed by atoms with Crippen molar-refractivity contribution in [2.24, 2.45) is 5.92 Å². The molecule has 4 nitrogen and oxygen atoms in total. The van der Waals surface area contributed by atoms with E-state index >= 15 is 0 Å². The maximum absolute atomic E-state index is 12.1. The van der Waals surface area contributed by atoms with Gasteiger partial charge in [-0.25, -0.2) is 0 Å². The fourth-order valence-corrected chi connectivity index (χ4v) is 2.88. The first-order valence-electron chi connectivity index (χ1n) is 8.57. The monoisotopic (exact) mass is 337 g/mol. The van der Waals surface area contributed by atoms with Crippen LogP contribution in [0.4, 0.5) is 5.69 Å². The van der Waals surface area contributed by atoms with Crippen LogP contribution in [-0.4, -0.2) is 12.9 Å². The Morgan fingerprint density at radius 3 is 2.24 bits per heavy atom. The molecule has 1 atom stereocenters. The van der Waals surface area contributed by atoms with Gasteiger partial charge >= 0.3 is 0 Å². The van der Waals surface area contributed by atoms with Gasteiger partial charge in [-0.05, 0) is 67.8 Å². The molecule has 1 N–H and O–H groups in total. The Morgan fingerprint density at radius 2 is 1.60 bits per heavy atom. The van der Waals surface area contributed by atoms with Crippen LogP contribution in [0.2, 0.25) is 0 Å². The van der Waals surface area contributed by atoms with E-state index in [9.17, 15) is 4.79 Å². The summed E-state index contributed by atoms with van der Waals surface area (Å²) < 4.78 is 10.9. The molecule has 130 valence electrons. The molecular weight excluding hydrogens is 314 g/mol. The molecule has 0 unspecified atom stereocenters. The molecule has 0 radical (unpaired) electrons. The van der Waals surface area contributed by atoms with Crippen molar-refractivity contribution >= 4 is 11.5 Å². The second-order valence-corrected chi connectivity index (χ2v) is 6.27. The van der Waals surface area contributed by atoms with E-state index in [0.717, 1.165) is 47.8 Å². The van der Waals surface area contributed by atoms with E-state index in [1.807, 2.05) is 61.7 Å². The minimum Gasteiger partial charge on any atom is -0.497 e. The number of allylic oxidation sites excluding steroid dienone is 1. The molecule has 1 fully saturated rings. The van der Waals surface area contributed by atoms with Crippen LogP contribution < -0.4 is 14.8 Å². The van der Waals surface area contributed by atoms with Gasteiger partial charge in [0.15, 0.2) is 5.78 Å². The SMILES string of the molecule is COc1ccc(Oc2ccc(N/C=C3/CCC[C@@H](C)C3=O)cc2)cc1. The Morgan fingerprint density at radius 1 is 1.00 bits per heavy atom. The summed E-state index contributed by atoms with van der Waals surface area (Å²) >= 11 is 0. The van der Waals surface area contributed by atoms with Crippen molar-refractivity contribution in [1.82, 2.24) is 0 Å². The number of hydrogen-bond acceptors (Lipinski definition) is 4. The predicted octanol–water partition coefficient (Wildman–Crippen LogP) is 5.17. The van der Waals surface area contributed by atoms with E-state index < -0.39 is 0 Å². The van der Waals surface area contributed by atoms with Crippen LogP contribution in [0.3, 0.4) is 0 Å². The average Bonchev–Trinajstić information content (AvgIpc) is 2.65. The lowest BCUT2D eigenvalue weighted by Crippen LogP contribution is -2.19. The third-order valence-electron chi connectivity index (χ3n) is 4.41. The van der Waals surface area contributed by atoms with E-state index in [0.29, 0.717) is 0 Å². The molecule has 1 aliphatic carbocycles. The lowest BCUT2D eigenvalue weighted by molar-refractivity contribution is -0.119. The van der Waals surface area contributed by atoms with E-state index in [1.165, 1.54) is 0 Å². The summed E-state index contributed by atoms with van der Waals surface area (Å²) in [5.74, 6) is 2.71. The van der Waals surface area contributed by atoms with E-state index in [2.05, 4.69) is 5.32 Å². The topological polar surface area (TPSA) is 47.6 Å². The van der Waals surface area contributed by atoms with Gasteiger partial charge in [-0.15, -0.1) is 0 Å². The number of carbonyl (C=O) groups is 1. The van der Waals surface area contributed by atoms with Gasteiger partial charge in [0.2, 0.25) is 0 Å². The summed E-state index contributed by atoms with van der Waals surface area (Å²) in [6, 6.07) is 15.1. The maximum atomic E-state index is 12.1. The number of Topliss-reactive ketones (excluding diaryl/α,β-unsaturated/α-hetero) is 1. The Labute approximate surface area is 148 Å². The molecule has 0 saturated heterocycles. The lowest BCUT2D eigenvalue weighted by Gasteiger charge is -2.19. The normalized spacial score (nSPS) is 18.9. The summed E-state index contributed by atoms with van der Waals surface area (Å²) in [6.45, 7) is 2.00. The van der Waals surface area contributed by atoms with Crippen molar-refractivity contribution in [2.45, 2.75) is 26.2 Å². The first kappa shape index (κ1) is 17.1. The third kappa shape index (κ3) is 4.41. The molecule has 2 aromatic carbocycles. The fourth-order valence-electron chi connectivity index (χ4n) is 2.88. The first-order chi connectivity index (χ1) is 12.2. The average molecular weight is 337 g/mol. The Bertz CT molecular complexity index is 748. The van der Waals surface area contributed by atoms with Gasteiger partial charge in [0.25, 0.3) is 0 Å². The van der Waals surface area contributed by atoms with Gasteiger partial charge < -0.3 is 14.8 Å². The maximum Gasteiger partial charge on any atom is 0.163 e. The molecule has 2 aromatic rings. The zero-order chi connectivity index (χ0) is 17.6. The standard InChI is InChI=1S/C21H23NO3/c1-15-4-3-5-16(21(15)23)14-22-17-6-8-19(9-7-17)25-20-12-10-18(24-2)11-13-20/h6-15,22H,3-5H2,1-2H3/b16-14-/t15-/m1/s1. The lowest BCUT2D eigenvalue weighted by atomic mass is 9.86. The second-order valence-electron chi connectivity index (χ2n) is 6.27. The summed E-state index contributed by atoms with van der Waals surface area (Å²) in [5.41, 5.74) is 1.82. The van der Waals surface area contributed by atoms with Crippen LogP contribution in [0.5, 0.6) is 17.2 Å². The highest BCUT2D eigenvalue weighted by Crippen LogP contribution is 2.26. The molecule has 25 heavy (non-hydrogen) atoms. The number of benzene rings is 2. The predicted molar refractivity (Wildman–Crippen MR) is 99.2 cm³/mol. The summed E-state index contributed by atoms with van der Waals surface area (Å²) in [4.78, 5) is 12.1. The number of nitrogens with one attached hydrogen (secondary N) is 1. The highest BCUT2D eigenvalue weighted by Gasteiger charge is 2.22. The van der Waals surface area contributed by atoms with Crippen molar-refractivity contribution in [1.29, 1.82) is 0 Å². The van der Waals surface area contributed by atoms with Crippen LogP contribution in [0.25, 0.3) is 0 Å². The molecule has 0 aromatic heterocycles. The zero-order valence-electron chi connectivity index (χ0n) is 14.6. The third-order valence-corrected chi connectivity index (χ3v) is 4.41. The Balaban J connectivity index is 1.61. The highest BCUT2D eigenvalue weighted by atomic mass is 16.5. The molecule has 1 saturated carbocycles. The number of ketones is 1. The van der Waals surface area contributed by atoms with Gasteiger partial charge in [-0.3, -0.25) is 4.79 Å². The largest absolute Gasteiger partial charge is 0.497 e. The van der Waals surface area contributed by atoms with E-state index in [1.54, 1.807) is 7.11 Å². The highest BCUT2D eigenvalue weighted by molar-refractivity contribution is 5.97. The van der Waals surface area contributed by atoms with Crippen LogP contribution in [-0.2, 0) is 4.79 Å². The van der Waals surface area contributed by atoms with Crippen LogP contribution >= 0.6 is 0 Å². The number of hydrogen-bond donors (Lipinski definition) is 1. The van der Waals surface area contributed by atoms with Crippen LogP contribution in [0.15, 0.2) is 60.3 Å². The summed E-state index contributed by atoms with van der Waals surface area (Å²) in [5, 5.41) is 3.22. The minimum atomic E-state index is 0.141. The first-order valence-corrected chi connectivity index (χ1v) is 8.57. The molecule has 0 heterocycles. The van der Waals surface area contributed by atoms with Gasteiger partial charge in [0.05, 0.1) is 7.11 Å². The summed E-state index contributed by atoms with van der Waals surface area (Å²) in [6.07, 6.45) is 4.77. The molecule has 1 aliphatic rings. The Hall–Kier alpha value is -2.75. The second kappa shape index (κ2) is 7.88. The van der Waals surface area contributed by atoms with Crippen molar-refractivity contribution in [3.05, 3.63) is 60.3 Å². The van der Waals surface area contributed by atoms with E-state index in [-0.39, 0.29) is 11.7 Å². The quantitative estimate of drug-likeness (QED) is 0.764. The van der Waals surface area contributed by atoms with E-state index in [4.69, 9.17) is 9.47 Å². The smallest absolute Gasteiger partial charge is 0.163 e. The number of anilines is 1.